The summed E-state index contributed by atoms with van der Waals surface area (Å²) in [6, 6.07) is 21.8. The molecule has 0 spiro atoms. The van der Waals surface area contributed by atoms with E-state index in [9.17, 15) is 0 Å². The zero-order valence-corrected chi connectivity index (χ0v) is 13.0. The molecule has 0 saturated carbocycles. The maximum atomic E-state index is 2.27. The van der Waals surface area contributed by atoms with Crippen LogP contribution in [0.25, 0.3) is 0 Å². The SMILES string of the molecule is CCC[C]([Sn])(c1ccccc1)c1ccccc1. The first-order chi connectivity index (χ1) is 8.27. The molecule has 2 rings (SSSR count). The van der Waals surface area contributed by atoms with Crippen molar-refractivity contribution in [3.05, 3.63) is 71.8 Å². The second kappa shape index (κ2) is 5.72. The van der Waals surface area contributed by atoms with Gasteiger partial charge in [0.15, 0.2) is 0 Å². The molecule has 0 bridgehead atoms. The van der Waals surface area contributed by atoms with Crippen molar-refractivity contribution < 1.29 is 0 Å². The molecule has 1 heteroatoms. The summed E-state index contributed by atoms with van der Waals surface area (Å²) in [5.74, 6) is 0. The fourth-order valence-electron chi connectivity index (χ4n) is 2.28. The molecule has 17 heavy (non-hydrogen) atoms. The Hall–Kier alpha value is -0.761. The van der Waals surface area contributed by atoms with E-state index in [1.165, 1.54) is 24.0 Å². The van der Waals surface area contributed by atoms with Crippen LogP contribution < -0.4 is 0 Å². The minimum absolute atomic E-state index is 0.226. The molecule has 0 aromatic heterocycles. The van der Waals surface area contributed by atoms with E-state index in [1.54, 1.807) is 22.5 Å². The van der Waals surface area contributed by atoms with Crippen LogP contribution in [0.5, 0.6) is 0 Å². The van der Waals surface area contributed by atoms with Gasteiger partial charge in [-0.05, 0) is 0 Å². The maximum absolute atomic E-state index is 2.27. The average Bonchev–Trinajstić information content (AvgIpc) is 2.41. The fourth-order valence-corrected chi connectivity index (χ4v) is 3.94. The topological polar surface area (TPSA) is 0 Å². The van der Waals surface area contributed by atoms with Crippen molar-refractivity contribution in [2.75, 3.05) is 0 Å². The summed E-state index contributed by atoms with van der Waals surface area (Å²) in [5, 5.41) is 0. The Labute approximate surface area is 117 Å². The standard InChI is InChI=1S/C16H17.Sn/c1-2-9-16(14-10-5-3-6-11-14)15-12-7-4-8-13-15;/h3-8,10-13H,2,9H2,1H3;. The number of hydrogen-bond acceptors (Lipinski definition) is 0. The van der Waals surface area contributed by atoms with Gasteiger partial charge >= 0.3 is 118 Å². The Kier molecular flexibility index (Phi) is 4.27. The molecule has 0 aliphatic carbocycles. The van der Waals surface area contributed by atoms with E-state index >= 15 is 0 Å². The Bertz CT molecular complexity index is 408. The van der Waals surface area contributed by atoms with Gasteiger partial charge in [0.1, 0.15) is 0 Å². The summed E-state index contributed by atoms with van der Waals surface area (Å²) in [6.45, 7) is 2.27. The third-order valence-corrected chi connectivity index (χ3v) is 5.52. The normalized spacial score (nSPS) is 11.4. The summed E-state index contributed by atoms with van der Waals surface area (Å²) in [4.78, 5) is 0. The molecule has 0 fully saturated rings. The van der Waals surface area contributed by atoms with Crippen molar-refractivity contribution in [3.63, 3.8) is 0 Å². The summed E-state index contributed by atoms with van der Waals surface area (Å²) in [7, 11) is 0. The molecule has 0 nitrogen and oxygen atoms in total. The molecule has 0 atom stereocenters. The quantitative estimate of drug-likeness (QED) is 0.747. The molecule has 0 amide bonds. The van der Waals surface area contributed by atoms with Gasteiger partial charge in [-0.25, -0.2) is 0 Å². The van der Waals surface area contributed by atoms with E-state index in [4.69, 9.17) is 0 Å². The van der Waals surface area contributed by atoms with Crippen LogP contribution in [-0.4, -0.2) is 22.5 Å². The van der Waals surface area contributed by atoms with E-state index in [2.05, 4.69) is 67.6 Å². The molecule has 0 N–H and O–H groups in total. The monoisotopic (exact) mass is 329 g/mol. The molecule has 0 unspecified atom stereocenters. The van der Waals surface area contributed by atoms with Crippen molar-refractivity contribution in [1.82, 2.24) is 0 Å². The second-order valence-corrected chi connectivity index (χ2v) is 6.82. The Morgan fingerprint density at radius 3 is 1.59 bits per heavy atom. The van der Waals surface area contributed by atoms with Gasteiger partial charge in [-0.15, -0.1) is 0 Å². The van der Waals surface area contributed by atoms with Crippen LogP contribution in [0.4, 0.5) is 0 Å². The molecule has 0 saturated heterocycles. The fraction of sp³-hybridized carbons (Fsp3) is 0.250. The molecule has 0 heterocycles. The Morgan fingerprint density at radius 1 is 0.824 bits per heavy atom. The van der Waals surface area contributed by atoms with Crippen molar-refractivity contribution in [2.24, 2.45) is 0 Å². The van der Waals surface area contributed by atoms with Gasteiger partial charge in [-0.2, -0.15) is 0 Å². The summed E-state index contributed by atoms with van der Waals surface area (Å²) >= 11 is 1.57. The Balaban J connectivity index is 2.47. The molecule has 0 aliphatic heterocycles. The van der Waals surface area contributed by atoms with E-state index in [0.717, 1.165) is 0 Å². The van der Waals surface area contributed by atoms with E-state index < -0.39 is 0 Å². The first kappa shape index (κ1) is 12.7. The van der Waals surface area contributed by atoms with Crippen LogP contribution in [0, 0.1) is 0 Å². The van der Waals surface area contributed by atoms with Crippen LogP contribution >= 0.6 is 0 Å². The van der Waals surface area contributed by atoms with Gasteiger partial charge in [-0.3, -0.25) is 0 Å². The molecule has 3 radical (unpaired) electrons. The van der Waals surface area contributed by atoms with E-state index in [-0.39, 0.29) is 3.43 Å². The van der Waals surface area contributed by atoms with Gasteiger partial charge in [0.2, 0.25) is 0 Å². The van der Waals surface area contributed by atoms with E-state index in [0.29, 0.717) is 0 Å². The first-order valence-corrected chi connectivity index (χ1v) is 7.56. The van der Waals surface area contributed by atoms with Crippen LogP contribution in [0.15, 0.2) is 60.7 Å². The van der Waals surface area contributed by atoms with E-state index in [1.807, 2.05) is 0 Å². The van der Waals surface area contributed by atoms with Crippen molar-refractivity contribution in [3.8, 4) is 0 Å². The van der Waals surface area contributed by atoms with Crippen LogP contribution in [-0.2, 0) is 3.43 Å². The first-order valence-electron chi connectivity index (χ1n) is 6.13. The van der Waals surface area contributed by atoms with Gasteiger partial charge in [-0.1, -0.05) is 0 Å². The number of rotatable bonds is 4. The zero-order chi connectivity index (χ0) is 12.1. The van der Waals surface area contributed by atoms with Gasteiger partial charge in [0, 0.05) is 0 Å². The second-order valence-electron chi connectivity index (χ2n) is 4.39. The summed E-state index contributed by atoms with van der Waals surface area (Å²) in [5.41, 5.74) is 2.90. The van der Waals surface area contributed by atoms with Crippen LogP contribution in [0.1, 0.15) is 30.9 Å². The molecule has 0 aliphatic rings. The van der Waals surface area contributed by atoms with Crippen molar-refractivity contribution >= 4 is 22.5 Å². The van der Waals surface area contributed by atoms with Gasteiger partial charge < -0.3 is 0 Å². The molecule has 85 valence electrons. The molecular formula is C16H17Sn. The molecule has 2 aromatic carbocycles. The number of benzene rings is 2. The third-order valence-electron chi connectivity index (χ3n) is 3.16. The minimum atomic E-state index is 0.226. The van der Waals surface area contributed by atoms with Crippen LogP contribution in [0.3, 0.4) is 0 Å². The predicted molar refractivity (Wildman–Crippen MR) is 74.3 cm³/mol. The molecular weight excluding hydrogens is 311 g/mol. The summed E-state index contributed by atoms with van der Waals surface area (Å²) < 4.78 is 0.226. The average molecular weight is 328 g/mol. The van der Waals surface area contributed by atoms with Crippen molar-refractivity contribution in [1.29, 1.82) is 0 Å². The van der Waals surface area contributed by atoms with Gasteiger partial charge in [0.25, 0.3) is 0 Å². The van der Waals surface area contributed by atoms with Crippen molar-refractivity contribution in [2.45, 2.75) is 23.2 Å². The summed E-state index contributed by atoms with van der Waals surface area (Å²) in [6.07, 6.45) is 2.44. The Morgan fingerprint density at radius 2 is 1.24 bits per heavy atom. The van der Waals surface area contributed by atoms with Gasteiger partial charge in [0.05, 0.1) is 0 Å². The number of hydrogen-bond donors (Lipinski definition) is 0. The molecule has 2 aromatic rings. The zero-order valence-electron chi connectivity index (χ0n) is 10.2. The predicted octanol–water partition coefficient (Wildman–Crippen LogP) is 3.90. The third kappa shape index (κ3) is 2.74. The van der Waals surface area contributed by atoms with Crippen LogP contribution in [0.2, 0.25) is 0 Å².